The third kappa shape index (κ3) is 3.88. The molecule has 2 aromatic carbocycles. The summed E-state index contributed by atoms with van der Waals surface area (Å²) in [7, 11) is 0. The van der Waals surface area contributed by atoms with Crippen molar-refractivity contribution in [2.45, 2.75) is 25.2 Å². The van der Waals surface area contributed by atoms with Gasteiger partial charge in [0.15, 0.2) is 5.82 Å². The molecule has 2 fully saturated rings. The highest BCUT2D eigenvalue weighted by atomic mass is 16.5. The summed E-state index contributed by atoms with van der Waals surface area (Å²) in [4.78, 5) is 22.3. The van der Waals surface area contributed by atoms with Crippen LogP contribution in [0.15, 0.2) is 65.2 Å². The molecule has 0 aliphatic carbocycles. The molecular formula is C25H28N4O2. The Morgan fingerprint density at radius 1 is 1.10 bits per heavy atom. The van der Waals surface area contributed by atoms with Gasteiger partial charge in [0.1, 0.15) is 0 Å². The Labute approximate surface area is 182 Å². The summed E-state index contributed by atoms with van der Waals surface area (Å²) in [6, 6.07) is 20.1. The van der Waals surface area contributed by atoms with Gasteiger partial charge in [0.25, 0.3) is 5.91 Å². The van der Waals surface area contributed by atoms with Crippen LogP contribution in [-0.2, 0) is 11.8 Å². The molecule has 5 rings (SSSR count). The molecule has 160 valence electrons. The molecule has 1 aromatic heterocycles. The molecule has 6 heteroatoms. The first-order valence-corrected chi connectivity index (χ1v) is 11.1. The lowest BCUT2D eigenvalue weighted by Gasteiger charge is -2.41. The highest BCUT2D eigenvalue weighted by Crippen LogP contribution is 2.44. The van der Waals surface area contributed by atoms with Crippen molar-refractivity contribution >= 4 is 5.91 Å². The van der Waals surface area contributed by atoms with Gasteiger partial charge in [0.2, 0.25) is 5.89 Å². The molecule has 0 saturated carbocycles. The van der Waals surface area contributed by atoms with Gasteiger partial charge in [0, 0.05) is 38.3 Å². The van der Waals surface area contributed by atoms with Crippen LogP contribution >= 0.6 is 0 Å². The van der Waals surface area contributed by atoms with E-state index in [1.807, 2.05) is 42.2 Å². The van der Waals surface area contributed by atoms with Crippen molar-refractivity contribution in [3.8, 4) is 0 Å². The van der Waals surface area contributed by atoms with Crippen LogP contribution in [0, 0.1) is 12.8 Å². The van der Waals surface area contributed by atoms with E-state index >= 15 is 0 Å². The molecule has 2 atom stereocenters. The topological polar surface area (TPSA) is 62.5 Å². The second-order valence-corrected chi connectivity index (χ2v) is 8.85. The molecule has 0 N–H and O–H groups in total. The van der Waals surface area contributed by atoms with Crippen molar-refractivity contribution in [3.05, 3.63) is 83.5 Å². The van der Waals surface area contributed by atoms with Gasteiger partial charge in [-0.05, 0) is 43.4 Å². The van der Waals surface area contributed by atoms with Gasteiger partial charge in [0.05, 0.1) is 5.41 Å². The quantitative estimate of drug-likeness (QED) is 0.638. The zero-order valence-corrected chi connectivity index (χ0v) is 17.9. The molecule has 1 amide bonds. The average molecular weight is 417 g/mol. The number of hydrogen-bond acceptors (Lipinski definition) is 5. The van der Waals surface area contributed by atoms with E-state index in [9.17, 15) is 4.79 Å². The van der Waals surface area contributed by atoms with Crippen LogP contribution in [0.2, 0.25) is 0 Å². The standard InChI is InChI=1S/C25H28N4O2/c1-19-26-24(31-27-19)25-17-28(14-12-20-8-4-2-5-9-20)16-22(25)13-15-29(18-25)23(30)21-10-6-3-7-11-21/h2-11,22H,12-18H2,1H3/t22-,25+/m0/s1. The largest absolute Gasteiger partial charge is 0.339 e. The molecule has 3 heterocycles. The summed E-state index contributed by atoms with van der Waals surface area (Å²) >= 11 is 0. The lowest BCUT2D eigenvalue weighted by Crippen LogP contribution is -2.53. The smallest absolute Gasteiger partial charge is 0.253 e. The van der Waals surface area contributed by atoms with Crippen molar-refractivity contribution in [3.63, 3.8) is 0 Å². The predicted molar refractivity (Wildman–Crippen MR) is 118 cm³/mol. The van der Waals surface area contributed by atoms with E-state index in [1.165, 1.54) is 5.56 Å². The number of benzene rings is 2. The lowest BCUT2D eigenvalue weighted by molar-refractivity contribution is 0.0536. The van der Waals surface area contributed by atoms with Gasteiger partial charge in [-0.25, -0.2) is 0 Å². The first-order chi connectivity index (χ1) is 15.1. The van der Waals surface area contributed by atoms with Crippen molar-refractivity contribution in [2.24, 2.45) is 5.92 Å². The number of amides is 1. The fraction of sp³-hybridized carbons (Fsp3) is 0.400. The summed E-state index contributed by atoms with van der Waals surface area (Å²) in [5.41, 5.74) is 1.78. The normalized spacial score (nSPS) is 23.6. The molecule has 0 radical (unpaired) electrons. The maximum atomic E-state index is 13.2. The van der Waals surface area contributed by atoms with E-state index in [0.717, 1.165) is 44.6 Å². The Balaban J connectivity index is 1.38. The monoisotopic (exact) mass is 416 g/mol. The molecule has 31 heavy (non-hydrogen) atoms. The molecule has 6 nitrogen and oxygen atoms in total. The van der Waals surface area contributed by atoms with E-state index in [2.05, 4.69) is 45.4 Å². The molecule has 2 aliphatic rings. The first-order valence-electron chi connectivity index (χ1n) is 11.1. The van der Waals surface area contributed by atoms with Gasteiger partial charge in [-0.1, -0.05) is 53.7 Å². The highest BCUT2D eigenvalue weighted by molar-refractivity contribution is 5.94. The van der Waals surface area contributed by atoms with Crippen molar-refractivity contribution in [1.82, 2.24) is 19.9 Å². The zero-order chi connectivity index (χ0) is 21.3. The van der Waals surface area contributed by atoms with Crippen LogP contribution in [0.1, 0.15) is 34.1 Å². The van der Waals surface area contributed by atoms with Gasteiger partial charge >= 0.3 is 0 Å². The van der Waals surface area contributed by atoms with Gasteiger partial charge in [-0.2, -0.15) is 4.98 Å². The Morgan fingerprint density at radius 3 is 2.55 bits per heavy atom. The summed E-state index contributed by atoms with van der Waals surface area (Å²) in [5, 5.41) is 4.09. The zero-order valence-electron chi connectivity index (χ0n) is 17.9. The van der Waals surface area contributed by atoms with Crippen LogP contribution in [-0.4, -0.2) is 58.6 Å². The summed E-state index contributed by atoms with van der Waals surface area (Å²) in [6.07, 6.45) is 1.96. The SMILES string of the molecule is Cc1noc([C@@]23CN(CCc4ccccc4)C[C@@H]2CCN(C(=O)c2ccccc2)C3)n1. The molecule has 0 spiro atoms. The van der Waals surface area contributed by atoms with E-state index in [4.69, 9.17) is 4.52 Å². The highest BCUT2D eigenvalue weighted by Gasteiger charge is 2.54. The molecule has 3 aromatic rings. The number of likely N-dealkylation sites (tertiary alicyclic amines) is 2. The van der Waals surface area contributed by atoms with Crippen molar-refractivity contribution in [2.75, 3.05) is 32.7 Å². The van der Waals surface area contributed by atoms with Crippen molar-refractivity contribution < 1.29 is 9.32 Å². The third-order valence-corrected chi connectivity index (χ3v) is 6.81. The summed E-state index contributed by atoms with van der Waals surface area (Å²) in [5.74, 6) is 1.82. The molecule has 0 bridgehead atoms. The Bertz CT molecular complexity index is 1040. The molecule has 0 unspecified atom stereocenters. The Morgan fingerprint density at radius 2 is 1.84 bits per heavy atom. The van der Waals surface area contributed by atoms with E-state index < -0.39 is 0 Å². The predicted octanol–water partition coefficient (Wildman–Crippen LogP) is 3.34. The minimum Gasteiger partial charge on any atom is -0.339 e. The number of rotatable bonds is 5. The number of nitrogens with zero attached hydrogens (tertiary/aromatic N) is 4. The number of aryl methyl sites for hydroxylation is 1. The number of carbonyl (C=O) groups excluding carboxylic acids is 1. The molecular weight excluding hydrogens is 388 g/mol. The maximum Gasteiger partial charge on any atom is 0.253 e. The van der Waals surface area contributed by atoms with E-state index in [1.54, 1.807) is 0 Å². The van der Waals surface area contributed by atoms with Crippen LogP contribution in [0.4, 0.5) is 0 Å². The molecule has 2 aliphatic heterocycles. The number of hydrogen-bond donors (Lipinski definition) is 0. The van der Waals surface area contributed by atoms with Gasteiger partial charge in [-0.15, -0.1) is 0 Å². The van der Waals surface area contributed by atoms with E-state index in [-0.39, 0.29) is 11.3 Å². The average Bonchev–Trinajstić information content (AvgIpc) is 3.42. The second-order valence-electron chi connectivity index (χ2n) is 8.85. The number of fused-ring (bicyclic) bond motifs is 1. The Hall–Kier alpha value is -2.99. The molecule has 2 saturated heterocycles. The minimum absolute atomic E-state index is 0.0809. The summed E-state index contributed by atoms with van der Waals surface area (Å²) in [6.45, 7) is 6.07. The van der Waals surface area contributed by atoms with Crippen LogP contribution in [0.3, 0.4) is 0 Å². The third-order valence-electron chi connectivity index (χ3n) is 6.81. The first kappa shape index (κ1) is 19.9. The number of piperidine rings is 1. The Kier molecular flexibility index (Phi) is 5.32. The minimum atomic E-state index is -0.305. The van der Waals surface area contributed by atoms with Gasteiger partial charge in [-0.3, -0.25) is 4.79 Å². The van der Waals surface area contributed by atoms with Gasteiger partial charge < -0.3 is 14.3 Å². The number of aromatic nitrogens is 2. The van der Waals surface area contributed by atoms with Crippen LogP contribution in [0.5, 0.6) is 0 Å². The summed E-state index contributed by atoms with van der Waals surface area (Å²) < 4.78 is 5.73. The number of carbonyl (C=O) groups is 1. The second kappa shape index (κ2) is 8.27. The van der Waals surface area contributed by atoms with E-state index in [0.29, 0.717) is 24.2 Å². The fourth-order valence-corrected chi connectivity index (χ4v) is 5.21. The van der Waals surface area contributed by atoms with Crippen LogP contribution in [0.25, 0.3) is 0 Å². The fourth-order valence-electron chi connectivity index (χ4n) is 5.21. The maximum absolute atomic E-state index is 13.2. The van der Waals surface area contributed by atoms with Crippen molar-refractivity contribution in [1.29, 1.82) is 0 Å². The lowest BCUT2D eigenvalue weighted by atomic mass is 9.73. The van der Waals surface area contributed by atoms with Crippen LogP contribution < -0.4 is 0 Å².